The normalized spacial score (nSPS) is 10.7. The molecule has 0 radical (unpaired) electrons. The Morgan fingerprint density at radius 3 is 2.84 bits per heavy atom. The zero-order valence-corrected chi connectivity index (χ0v) is 15.1. The largest absolute Gasteiger partial charge is 0.496 e. The molecule has 0 fully saturated rings. The number of aromatic nitrogens is 2. The number of rotatable bonds is 6. The van der Waals surface area contributed by atoms with E-state index in [1.807, 2.05) is 38.1 Å². The topological polar surface area (TPSA) is 73.3 Å². The molecule has 0 spiro atoms. The number of thiophene rings is 1. The molecule has 0 unspecified atom stereocenters. The number of fused-ring (bicyclic) bond motifs is 1. The fourth-order valence-corrected chi connectivity index (χ4v) is 3.66. The lowest BCUT2D eigenvalue weighted by Gasteiger charge is -2.09. The summed E-state index contributed by atoms with van der Waals surface area (Å²) in [5, 5.41) is 3.75. The maximum Gasteiger partial charge on any atom is 0.261 e. The Balaban J connectivity index is 1.85. The number of ether oxygens (including phenoxy) is 2. The molecule has 0 aliphatic carbocycles. The Morgan fingerprint density at radius 2 is 2.08 bits per heavy atom. The summed E-state index contributed by atoms with van der Waals surface area (Å²) in [5.41, 5.74) is 1.76. The minimum absolute atomic E-state index is 0.145. The molecule has 0 atom stereocenters. The summed E-state index contributed by atoms with van der Waals surface area (Å²) in [6.07, 6.45) is 1.46. The van der Waals surface area contributed by atoms with E-state index in [1.165, 1.54) is 17.7 Å². The van der Waals surface area contributed by atoms with Gasteiger partial charge in [0.25, 0.3) is 5.91 Å². The Bertz CT molecular complexity index is 908. The second kappa shape index (κ2) is 7.48. The van der Waals surface area contributed by atoms with Gasteiger partial charge in [-0.15, -0.1) is 11.3 Å². The fraction of sp³-hybridized carbons (Fsp3) is 0.278. The van der Waals surface area contributed by atoms with Crippen molar-refractivity contribution in [2.24, 2.45) is 0 Å². The minimum atomic E-state index is -0.145. The number of carbonyl (C=O) groups is 1. The van der Waals surface area contributed by atoms with Crippen molar-refractivity contribution >= 4 is 27.5 Å². The van der Waals surface area contributed by atoms with Crippen LogP contribution in [-0.2, 0) is 6.54 Å². The number of benzene rings is 1. The smallest absolute Gasteiger partial charge is 0.261 e. The van der Waals surface area contributed by atoms with Gasteiger partial charge < -0.3 is 14.8 Å². The van der Waals surface area contributed by atoms with E-state index < -0.39 is 0 Å². The fourth-order valence-electron chi connectivity index (χ4n) is 2.61. The Kier molecular flexibility index (Phi) is 5.14. The van der Waals surface area contributed by atoms with Crippen LogP contribution < -0.4 is 14.8 Å². The zero-order chi connectivity index (χ0) is 17.8. The van der Waals surface area contributed by atoms with Gasteiger partial charge in [0, 0.05) is 12.1 Å². The third-order valence-corrected chi connectivity index (χ3v) is 5.01. The number of hydrogen-bond donors (Lipinski definition) is 1. The van der Waals surface area contributed by atoms with Crippen LogP contribution in [0.5, 0.6) is 11.6 Å². The highest BCUT2D eigenvalue weighted by Gasteiger charge is 2.20. The first kappa shape index (κ1) is 17.2. The van der Waals surface area contributed by atoms with Gasteiger partial charge in [-0.1, -0.05) is 18.2 Å². The standard InChI is InChI=1S/C18H19N3O3S/c1-4-24-17-14-11(2)15(25-18(14)21-10-20-17)16(22)19-9-12-7-5-6-8-13(12)23-3/h5-8,10H,4,9H2,1-3H3,(H,19,22). The van der Waals surface area contributed by atoms with Crippen LogP contribution in [0.2, 0.25) is 0 Å². The second-order valence-electron chi connectivity index (χ2n) is 5.34. The molecule has 3 aromatic rings. The van der Waals surface area contributed by atoms with Gasteiger partial charge in [-0.25, -0.2) is 9.97 Å². The van der Waals surface area contributed by atoms with Crippen molar-refractivity contribution in [3.8, 4) is 11.6 Å². The molecular weight excluding hydrogens is 338 g/mol. The van der Waals surface area contributed by atoms with Gasteiger partial charge in [0.15, 0.2) is 0 Å². The predicted molar refractivity (Wildman–Crippen MR) is 97.5 cm³/mol. The molecule has 2 aromatic heterocycles. The lowest BCUT2D eigenvalue weighted by molar-refractivity contribution is 0.0954. The Hall–Kier alpha value is -2.67. The molecule has 0 bridgehead atoms. The number of nitrogens with zero attached hydrogens (tertiary/aromatic N) is 2. The van der Waals surface area contributed by atoms with Gasteiger partial charge in [0.1, 0.15) is 16.9 Å². The number of amides is 1. The summed E-state index contributed by atoms with van der Waals surface area (Å²) < 4.78 is 10.9. The average Bonchev–Trinajstić information content (AvgIpc) is 2.98. The number of carbonyl (C=O) groups excluding carboxylic acids is 1. The van der Waals surface area contributed by atoms with Crippen molar-refractivity contribution in [2.75, 3.05) is 13.7 Å². The summed E-state index contributed by atoms with van der Waals surface area (Å²) in [6, 6.07) is 7.61. The lowest BCUT2D eigenvalue weighted by atomic mass is 10.2. The molecular formula is C18H19N3O3S. The molecule has 0 aliphatic rings. The number of aryl methyl sites for hydroxylation is 1. The van der Waals surface area contributed by atoms with E-state index in [9.17, 15) is 4.79 Å². The summed E-state index contributed by atoms with van der Waals surface area (Å²) >= 11 is 1.34. The molecule has 0 aliphatic heterocycles. The van der Waals surface area contributed by atoms with Crippen LogP contribution in [0, 0.1) is 6.92 Å². The van der Waals surface area contributed by atoms with E-state index in [-0.39, 0.29) is 5.91 Å². The quantitative estimate of drug-likeness (QED) is 0.732. The van der Waals surface area contributed by atoms with Crippen LogP contribution in [0.25, 0.3) is 10.2 Å². The first-order valence-electron chi connectivity index (χ1n) is 7.92. The van der Waals surface area contributed by atoms with Crippen LogP contribution in [0.1, 0.15) is 27.7 Å². The van der Waals surface area contributed by atoms with Crippen molar-refractivity contribution in [1.82, 2.24) is 15.3 Å². The molecule has 1 amide bonds. The SMILES string of the molecule is CCOc1ncnc2sc(C(=O)NCc3ccccc3OC)c(C)c12. The van der Waals surface area contributed by atoms with Crippen LogP contribution in [-0.4, -0.2) is 29.6 Å². The lowest BCUT2D eigenvalue weighted by Crippen LogP contribution is -2.22. The summed E-state index contributed by atoms with van der Waals surface area (Å²) in [7, 11) is 1.62. The molecule has 0 saturated carbocycles. The monoisotopic (exact) mass is 357 g/mol. The predicted octanol–water partition coefficient (Wildman–Crippen LogP) is 3.34. The van der Waals surface area contributed by atoms with Gasteiger partial charge in [-0.2, -0.15) is 0 Å². The molecule has 1 N–H and O–H groups in total. The van der Waals surface area contributed by atoms with Crippen LogP contribution in [0.3, 0.4) is 0 Å². The van der Waals surface area contributed by atoms with Crippen LogP contribution in [0.4, 0.5) is 0 Å². The van der Waals surface area contributed by atoms with E-state index in [2.05, 4.69) is 15.3 Å². The van der Waals surface area contributed by atoms with Crippen molar-refractivity contribution in [3.63, 3.8) is 0 Å². The Labute approximate surface area is 149 Å². The molecule has 2 heterocycles. The maximum absolute atomic E-state index is 12.6. The Morgan fingerprint density at radius 1 is 1.28 bits per heavy atom. The summed E-state index contributed by atoms with van der Waals surface area (Å²) in [4.78, 5) is 22.4. The van der Waals surface area contributed by atoms with Crippen LogP contribution >= 0.6 is 11.3 Å². The molecule has 0 saturated heterocycles. The van der Waals surface area contributed by atoms with Gasteiger partial charge in [0.05, 0.1) is 24.0 Å². The van der Waals surface area contributed by atoms with Crippen molar-refractivity contribution in [3.05, 3.63) is 46.6 Å². The first-order chi connectivity index (χ1) is 12.2. The average molecular weight is 357 g/mol. The number of hydrogen-bond acceptors (Lipinski definition) is 6. The van der Waals surface area contributed by atoms with Crippen molar-refractivity contribution < 1.29 is 14.3 Å². The van der Waals surface area contributed by atoms with Crippen LogP contribution in [0.15, 0.2) is 30.6 Å². The molecule has 1 aromatic carbocycles. The number of methoxy groups -OCH3 is 1. The second-order valence-corrected chi connectivity index (χ2v) is 6.34. The van der Waals surface area contributed by atoms with Gasteiger partial charge in [-0.05, 0) is 25.5 Å². The minimum Gasteiger partial charge on any atom is -0.496 e. The summed E-state index contributed by atoms with van der Waals surface area (Å²) in [5.74, 6) is 1.12. The highest BCUT2D eigenvalue weighted by atomic mass is 32.1. The number of para-hydroxylation sites is 1. The van der Waals surface area contributed by atoms with E-state index in [0.717, 1.165) is 27.1 Å². The van der Waals surface area contributed by atoms with E-state index in [0.29, 0.717) is 23.9 Å². The maximum atomic E-state index is 12.6. The molecule has 6 nitrogen and oxygen atoms in total. The van der Waals surface area contributed by atoms with Crippen molar-refractivity contribution in [1.29, 1.82) is 0 Å². The molecule has 3 rings (SSSR count). The van der Waals surface area contributed by atoms with Gasteiger partial charge in [-0.3, -0.25) is 4.79 Å². The molecule has 25 heavy (non-hydrogen) atoms. The third kappa shape index (κ3) is 3.41. The number of nitrogens with one attached hydrogen (secondary N) is 1. The zero-order valence-electron chi connectivity index (χ0n) is 14.3. The highest BCUT2D eigenvalue weighted by molar-refractivity contribution is 7.20. The molecule has 7 heteroatoms. The summed E-state index contributed by atoms with van der Waals surface area (Å²) in [6.45, 7) is 4.69. The van der Waals surface area contributed by atoms with E-state index in [4.69, 9.17) is 9.47 Å². The van der Waals surface area contributed by atoms with Crippen molar-refractivity contribution in [2.45, 2.75) is 20.4 Å². The molecule has 130 valence electrons. The third-order valence-electron chi connectivity index (χ3n) is 3.81. The highest BCUT2D eigenvalue weighted by Crippen LogP contribution is 2.34. The first-order valence-corrected chi connectivity index (χ1v) is 8.74. The van der Waals surface area contributed by atoms with Gasteiger partial charge in [0.2, 0.25) is 5.88 Å². The van der Waals surface area contributed by atoms with E-state index in [1.54, 1.807) is 7.11 Å². The van der Waals surface area contributed by atoms with E-state index >= 15 is 0 Å². The van der Waals surface area contributed by atoms with Gasteiger partial charge >= 0.3 is 0 Å².